The van der Waals surface area contributed by atoms with Crippen molar-refractivity contribution in [1.82, 2.24) is 19.8 Å². The van der Waals surface area contributed by atoms with Gasteiger partial charge in [-0.05, 0) is 24.6 Å². The lowest BCUT2D eigenvalue weighted by Crippen LogP contribution is -2.17. The molecule has 1 aromatic carbocycles. The van der Waals surface area contributed by atoms with Gasteiger partial charge < -0.3 is 4.74 Å². The predicted octanol–water partition coefficient (Wildman–Crippen LogP) is 2.64. The van der Waals surface area contributed by atoms with Gasteiger partial charge in [-0.2, -0.15) is 9.61 Å². The number of benzene rings is 1. The first kappa shape index (κ1) is 14.2. The Bertz CT molecular complexity index is 757. The number of carbonyl (C=O) groups excluding carboxylic acids is 1. The SMILES string of the molecule is CCOC(=O)C(c1cccc(Br)c1)c1nn2cnnc2s1. The highest BCUT2D eigenvalue weighted by Gasteiger charge is 2.28. The number of ether oxygens (including phenoxy) is 1. The number of rotatable bonds is 4. The summed E-state index contributed by atoms with van der Waals surface area (Å²) in [4.78, 5) is 13.0. The van der Waals surface area contributed by atoms with Crippen molar-refractivity contribution in [3.63, 3.8) is 0 Å². The monoisotopic (exact) mass is 366 g/mol. The smallest absolute Gasteiger partial charge is 0.320 e. The van der Waals surface area contributed by atoms with Crippen molar-refractivity contribution in [2.75, 3.05) is 6.61 Å². The van der Waals surface area contributed by atoms with Crippen LogP contribution in [0.15, 0.2) is 35.1 Å². The highest BCUT2D eigenvalue weighted by Crippen LogP contribution is 2.30. The molecule has 2 heterocycles. The van der Waals surface area contributed by atoms with Crippen LogP contribution >= 0.6 is 27.3 Å². The summed E-state index contributed by atoms with van der Waals surface area (Å²) in [5, 5.41) is 12.7. The van der Waals surface area contributed by atoms with E-state index in [1.54, 1.807) is 11.4 Å². The quantitative estimate of drug-likeness (QED) is 0.663. The van der Waals surface area contributed by atoms with Gasteiger partial charge in [0.2, 0.25) is 4.96 Å². The first-order valence-electron chi connectivity index (χ1n) is 6.28. The predicted molar refractivity (Wildman–Crippen MR) is 81.3 cm³/mol. The highest BCUT2D eigenvalue weighted by atomic mass is 79.9. The fourth-order valence-corrected chi connectivity index (χ4v) is 3.34. The second-order valence-electron chi connectivity index (χ2n) is 4.24. The molecule has 3 aromatic rings. The van der Waals surface area contributed by atoms with E-state index in [0.29, 0.717) is 16.6 Å². The number of hydrogen-bond acceptors (Lipinski definition) is 6. The molecule has 0 N–H and O–H groups in total. The van der Waals surface area contributed by atoms with E-state index in [-0.39, 0.29) is 5.97 Å². The van der Waals surface area contributed by atoms with E-state index in [9.17, 15) is 4.79 Å². The van der Waals surface area contributed by atoms with Crippen LogP contribution < -0.4 is 0 Å². The Hall–Kier alpha value is -1.80. The number of fused-ring (bicyclic) bond motifs is 1. The maximum atomic E-state index is 12.3. The summed E-state index contributed by atoms with van der Waals surface area (Å²) in [6.45, 7) is 2.11. The molecule has 1 atom stereocenters. The summed E-state index contributed by atoms with van der Waals surface area (Å²) in [5.74, 6) is -0.880. The van der Waals surface area contributed by atoms with Crippen LogP contribution in [0.5, 0.6) is 0 Å². The lowest BCUT2D eigenvalue weighted by Gasteiger charge is -2.13. The second-order valence-corrected chi connectivity index (χ2v) is 6.14. The Labute approximate surface area is 132 Å². The minimum Gasteiger partial charge on any atom is -0.465 e. The van der Waals surface area contributed by atoms with Crippen molar-refractivity contribution >= 4 is 38.2 Å². The maximum absolute atomic E-state index is 12.3. The minimum atomic E-state index is -0.561. The molecule has 0 fully saturated rings. The molecule has 0 saturated carbocycles. The lowest BCUT2D eigenvalue weighted by molar-refractivity contribution is -0.143. The fraction of sp³-hybridized carbons (Fsp3) is 0.231. The molecule has 3 rings (SSSR count). The maximum Gasteiger partial charge on any atom is 0.320 e. The number of esters is 1. The zero-order valence-corrected chi connectivity index (χ0v) is 13.5. The Morgan fingerprint density at radius 1 is 1.52 bits per heavy atom. The van der Waals surface area contributed by atoms with Gasteiger partial charge in [0, 0.05) is 4.47 Å². The summed E-state index contributed by atoms with van der Waals surface area (Å²) < 4.78 is 7.65. The average molecular weight is 367 g/mol. The number of hydrogen-bond donors (Lipinski definition) is 0. The summed E-state index contributed by atoms with van der Waals surface area (Å²) in [6, 6.07) is 7.56. The van der Waals surface area contributed by atoms with Gasteiger partial charge in [0.1, 0.15) is 17.3 Å². The zero-order chi connectivity index (χ0) is 14.8. The molecular formula is C13H11BrN4O2S. The van der Waals surface area contributed by atoms with Crippen LogP contribution in [0.1, 0.15) is 23.4 Å². The fourth-order valence-electron chi connectivity index (χ4n) is 1.98. The molecule has 8 heteroatoms. The van der Waals surface area contributed by atoms with Crippen LogP contribution in [0.25, 0.3) is 4.96 Å². The molecule has 0 spiro atoms. The van der Waals surface area contributed by atoms with E-state index in [4.69, 9.17) is 4.74 Å². The second kappa shape index (κ2) is 5.90. The number of aromatic nitrogens is 4. The molecule has 0 bridgehead atoms. The van der Waals surface area contributed by atoms with E-state index in [0.717, 1.165) is 10.0 Å². The van der Waals surface area contributed by atoms with Gasteiger partial charge in [-0.25, -0.2) is 0 Å². The molecule has 0 amide bonds. The Morgan fingerprint density at radius 3 is 3.10 bits per heavy atom. The van der Waals surface area contributed by atoms with Crippen molar-refractivity contribution in [2.24, 2.45) is 0 Å². The summed E-state index contributed by atoms with van der Waals surface area (Å²) in [5.41, 5.74) is 0.827. The third kappa shape index (κ3) is 2.81. The van der Waals surface area contributed by atoms with Crippen molar-refractivity contribution in [2.45, 2.75) is 12.8 Å². The van der Waals surface area contributed by atoms with E-state index < -0.39 is 5.92 Å². The number of nitrogens with zero attached hydrogens (tertiary/aromatic N) is 4. The first-order valence-corrected chi connectivity index (χ1v) is 7.89. The number of carbonyl (C=O) groups is 1. The van der Waals surface area contributed by atoms with Gasteiger partial charge in [0.05, 0.1) is 6.61 Å². The van der Waals surface area contributed by atoms with Crippen LogP contribution in [0.4, 0.5) is 0 Å². The Kier molecular flexibility index (Phi) is 3.98. The van der Waals surface area contributed by atoms with Gasteiger partial charge in [0.25, 0.3) is 0 Å². The third-order valence-electron chi connectivity index (χ3n) is 2.85. The first-order chi connectivity index (χ1) is 10.2. The number of halogens is 1. The highest BCUT2D eigenvalue weighted by molar-refractivity contribution is 9.10. The summed E-state index contributed by atoms with van der Waals surface area (Å²) >= 11 is 4.75. The van der Waals surface area contributed by atoms with E-state index in [1.165, 1.54) is 17.7 Å². The molecule has 1 unspecified atom stereocenters. The van der Waals surface area contributed by atoms with Crippen molar-refractivity contribution in [3.8, 4) is 0 Å². The Balaban J connectivity index is 2.07. The molecule has 6 nitrogen and oxygen atoms in total. The normalized spacial score (nSPS) is 12.5. The molecule has 0 aliphatic rings. The Morgan fingerprint density at radius 2 is 2.38 bits per heavy atom. The van der Waals surface area contributed by atoms with Gasteiger partial charge in [-0.15, -0.1) is 10.2 Å². The standard InChI is InChI=1S/C13H11BrN4O2S/c1-2-20-12(19)10(8-4-3-5-9(14)6-8)11-17-18-7-15-16-13(18)21-11/h3-7,10H,2H2,1H3. The molecular weight excluding hydrogens is 356 g/mol. The third-order valence-corrected chi connectivity index (χ3v) is 4.32. The van der Waals surface area contributed by atoms with Gasteiger partial charge in [-0.3, -0.25) is 4.79 Å². The van der Waals surface area contributed by atoms with Crippen LogP contribution in [-0.4, -0.2) is 32.4 Å². The molecule has 21 heavy (non-hydrogen) atoms. The van der Waals surface area contributed by atoms with E-state index in [1.807, 2.05) is 24.3 Å². The lowest BCUT2D eigenvalue weighted by atomic mass is 10.0. The summed E-state index contributed by atoms with van der Waals surface area (Å²) in [6.07, 6.45) is 1.51. The minimum absolute atomic E-state index is 0.319. The average Bonchev–Trinajstić information content (AvgIpc) is 3.00. The topological polar surface area (TPSA) is 69.4 Å². The molecule has 2 aromatic heterocycles. The molecule has 0 saturated heterocycles. The van der Waals surface area contributed by atoms with Gasteiger partial charge in [-0.1, -0.05) is 39.4 Å². The van der Waals surface area contributed by atoms with Crippen molar-refractivity contribution in [1.29, 1.82) is 0 Å². The van der Waals surface area contributed by atoms with E-state index in [2.05, 4.69) is 31.2 Å². The van der Waals surface area contributed by atoms with Crippen LogP contribution in [0.3, 0.4) is 0 Å². The molecule has 0 radical (unpaired) electrons. The van der Waals surface area contributed by atoms with Crippen molar-refractivity contribution in [3.05, 3.63) is 45.6 Å². The van der Waals surface area contributed by atoms with Crippen molar-refractivity contribution < 1.29 is 9.53 Å². The largest absolute Gasteiger partial charge is 0.465 e. The van der Waals surface area contributed by atoms with Gasteiger partial charge >= 0.3 is 5.97 Å². The van der Waals surface area contributed by atoms with E-state index >= 15 is 0 Å². The van der Waals surface area contributed by atoms with Crippen LogP contribution in [0, 0.1) is 0 Å². The zero-order valence-electron chi connectivity index (χ0n) is 11.1. The molecule has 0 aliphatic carbocycles. The van der Waals surface area contributed by atoms with Crippen LogP contribution in [-0.2, 0) is 9.53 Å². The summed E-state index contributed by atoms with van der Waals surface area (Å²) in [7, 11) is 0. The molecule has 0 aliphatic heterocycles. The molecule has 108 valence electrons. The van der Waals surface area contributed by atoms with Crippen LogP contribution in [0.2, 0.25) is 0 Å². The van der Waals surface area contributed by atoms with Gasteiger partial charge in [0.15, 0.2) is 0 Å².